The lowest BCUT2D eigenvalue weighted by molar-refractivity contribution is 0.0315. The van der Waals surface area contributed by atoms with E-state index in [-0.39, 0.29) is 12.1 Å². The van der Waals surface area contributed by atoms with Gasteiger partial charge in [-0.25, -0.2) is 0 Å². The molecule has 1 aliphatic heterocycles. The average Bonchev–Trinajstić information content (AvgIpc) is 2.80. The molecule has 2 aliphatic rings. The molecule has 0 aromatic carbocycles. The van der Waals surface area contributed by atoms with Gasteiger partial charge in [0, 0.05) is 36.8 Å². The van der Waals surface area contributed by atoms with Crippen LogP contribution >= 0.6 is 0 Å². The monoisotopic (exact) mass is 255 g/mol. The maximum Gasteiger partial charge on any atom is 0.0613 e. The molecule has 2 fully saturated rings. The van der Waals surface area contributed by atoms with Gasteiger partial charge in [-0.1, -0.05) is 0 Å². The molecule has 18 heavy (non-hydrogen) atoms. The van der Waals surface area contributed by atoms with Crippen molar-refractivity contribution >= 4 is 0 Å². The number of nitrogens with one attached hydrogen (secondary N) is 1. The first-order chi connectivity index (χ1) is 8.51. The number of hydrogen-bond donors (Lipinski definition) is 2. The third-order valence-electron chi connectivity index (χ3n) is 5.32. The standard InChI is InChI=1S/C14H29N3O/c1-11-8-17(9-12(2)16(11)4)13-5-6-14(7-13,10-18)15-3/h11-13,15,18H,5-10H2,1-4H3. The molecule has 106 valence electrons. The van der Waals surface area contributed by atoms with Crippen molar-refractivity contribution in [1.82, 2.24) is 15.1 Å². The second kappa shape index (κ2) is 5.45. The fourth-order valence-electron chi connectivity index (χ4n) is 3.60. The summed E-state index contributed by atoms with van der Waals surface area (Å²) in [6.45, 7) is 7.22. The van der Waals surface area contributed by atoms with Crippen molar-refractivity contribution in [1.29, 1.82) is 0 Å². The van der Waals surface area contributed by atoms with Crippen molar-refractivity contribution < 1.29 is 5.11 Å². The first-order valence-corrected chi connectivity index (χ1v) is 7.27. The van der Waals surface area contributed by atoms with E-state index in [1.54, 1.807) is 0 Å². The van der Waals surface area contributed by atoms with Gasteiger partial charge in [-0.15, -0.1) is 0 Å². The Hall–Kier alpha value is -0.160. The molecule has 0 amide bonds. The highest BCUT2D eigenvalue weighted by Crippen LogP contribution is 2.34. The zero-order chi connectivity index (χ0) is 13.3. The van der Waals surface area contributed by atoms with E-state index in [0.717, 1.165) is 25.9 Å². The minimum Gasteiger partial charge on any atom is -0.394 e. The van der Waals surface area contributed by atoms with Gasteiger partial charge in [0.25, 0.3) is 0 Å². The van der Waals surface area contributed by atoms with Crippen LogP contribution in [0.2, 0.25) is 0 Å². The second-order valence-corrected chi connectivity index (χ2v) is 6.40. The van der Waals surface area contributed by atoms with Gasteiger partial charge in [-0.05, 0) is 47.2 Å². The second-order valence-electron chi connectivity index (χ2n) is 6.40. The molecule has 0 radical (unpaired) electrons. The average molecular weight is 255 g/mol. The summed E-state index contributed by atoms with van der Waals surface area (Å²) in [6.07, 6.45) is 3.40. The van der Waals surface area contributed by atoms with Crippen LogP contribution < -0.4 is 5.32 Å². The first-order valence-electron chi connectivity index (χ1n) is 7.27. The normalized spacial score (nSPS) is 43.5. The molecule has 1 aliphatic carbocycles. The maximum atomic E-state index is 9.59. The Morgan fingerprint density at radius 1 is 1.28 bits per heavy atom. The fourth-order valence-corrected chi connectivity index (χ4v) is 3.60. The molecular formula is C14H29N3O. The summed E-state index contributed by atoms with van der Waals surface area (Å²) < 4.78 is 0. The Morgan fingerprint density at radius 2 is 1.89 bits per heavy atom. The number of hydrogen-bond acceptors (Lipinski definition) is 4. The summed E-state index contributed by atoms with van der Waals surface area (Å²) in [5.74, 6) is 0. The number of likely N-dealkylation sites (N-methyl/N-ethyl adjacent to an activating group) is 2. The van der Waals surface area contributed by atoms with Crippen LogP contribution in [0.15, 0.2) is 0 Å². The first kappa shape index (κ1) is 14.3. The SMILES string of the molecule is CNC1(CO)CCC(N2CC(C)N(C)C(C)C2)C1. The van der Waals surface area contributed by atoms with Gasteiger partial charge < -0.3 is 10.4 Å². The molecule has 0 spiro atoms. The zero-order valence-corrected chi connectivity index (χ0v) is 12.3. The van der Waals surface area contributed by atoms with Gasteiger partial charge in [0.05, 0.1) is 6.61 Å². The van der Waals surface area contributed by atoms with Crippen LogP contribution in [-0.4, -0.2) is 72.4 Å². The van der Waals surface area contributed by atoms with Crippen molar-refractivity contribution in [3.63, 3.8) is 0 Å². The van der Waals surface area contributed by atoms with Crippen LogP contribution in [0, 0.1) is 0 Å². The van der Waals surface area contributed by atoms with Crippen LogP contribution in [-0.2, 0) is 0 Å². The summed E-state index contributed by atoms with van der Waals surface area (Å²) in [6, 6.07) is 1.91. The Bertz CT molecular complexity index is 268. The number of aliphatic hydroxyl groups excluding tert-OH is 1. The van der Waals surface area contributed by atoms with E-state index in [1.165, 1.54) is 6.42 Å². The molecule has 0 aromatic rings. The third kappa shape index (κ3) is 2.57. The summed E-state index contributed by atoms with van der Waals surface area (Å²) in [7, 11) is 4.21. The molecule has 0 bridgehead atoms. The van der Waals surface area contributed by atoms with E-state index >= 15 is 0 Å². The predicted molar refractivity (Wildman–Crippen MR) is 74.8 cm³/mol. The third-order valence-corrected chi connectivity index (χ3v) is 5.32. The summed E-state index contributed by atoms with van der Waals surface area (Å²) >= 11 is 0. The molecular weight excluding hydrogens is 226 g/mol. The molecule has 2 N–H and O–H groups in total. The molecule has 0 aromatic heterocycles. The molecule has 4 unspecified atom stereocenters. The fraction of sp³-hybridized carbons (Fsp3) is 1.00. The lowest BCUT2D eigenvalue weighted by atomic mass is 9.98. The Morgan fingerprint density at radius 3 is 2.33 bits per heavy atom. The summed E-state index contributed by atoms with van der Waals surface area (Å²) in [5.41, 5.74) is -0.0273. The van der Waals surface area contributed by atoms with E-state index in [2.05, 4.69) is 36.0 Å². The molecule has 1 saturated carbocycles. The molecule has 4 atom stereocenters. The van der Waals surface area contributed by atoms with Gasteiger partial charge in [-0.2, -0.15) is 0 Å². The highest BCUT2D eigenvalue weighted by atomic mass is 16.3. The van der Waals surface area contributed by atoms with Gasteiger partial charge >= 0.3 is 0 Å². The molecule has 1 saturated heterocycles. The lowest BCUT2D eigenvalue weighted by Gasteiger charge is -2.45. The molecule has 4 nitrogen and oxygen atoms in total. The van der Waals surface area contributed by atoms with Gasteiger partial charge in [-0.3, -0.25) is 9.80 Å². The minimum absolute atomic E-state index is 0.0273. The summed E-state index contributed by atoms with van der Waals surface area (Å²) in [5, 5.41) is 12.9. The van der Waals surface area contributed by atoms with E-state index in [1.807, 2.05) is 7.05 Å². The predicted octanol–water partition coefficient (Wildman–Crippen LogP) is 0.514. The van der Waals surface area contributed by atoms with Crippen molar-refractivity contribution in [2.45, 2.75) is 56.8 Å². The highest BCUT2D eigenvalue weighted by molar-refractivity contribution is 5.00. The van der Waals surface area contributed by atoms with Crippen LogP contribution in [0.5, 0.6) is 0 Å². The summed E-state index contributed by atoms with van der Waals surface area (Å²) in [4.78, 5) is 5.12. The zero-order valence-electron chi connectivity index (χ0n) is 12.3. The van der Waals surface area contributed by atoms with E-state index in [4.69, 9.17) is 0 Å². The van der Waals surface area contributed by atoms with Crippen molar-refractivity contribution in [2.75, 3.05) is 33.8 Å². The van der Waals surface area contributed by atoms with Gasteiger partial charge in [0.15, 0.2) is 0 Å². The van der Waals surface area contributed by atoms with Crippen LogP contribution in [0.3, 0.4) is 0 Å². The van der Waals surface area contributed by atoms with Crippen molar-refractivity contribution in [3.8, 4) is 0 Å². The van der Waals surface area contributed by atoms with E-state index in [9.17, 15) is 5.11 Å². The van der Waals surface area contributed by atoms with Crippen molar-refractivity contribution in [2.24, 2.45) is 0 Å². The van der Waals surface area contributed by atoms with Crippen molar-refractivity contribution in [3.05, 3.63) is 0 Å². The number of aliphatic hydroxyl groups is 1. The molecule has 2 rings (SSSR count). The topological polar surface area (TPSA) is 38.7 Å². The van der Waals surface area contributed by atoms with E-state index in [0.29, 0.717) is 18.1 Å². The van der Waals surface area contributed by atoms with E-state index < -0.39 is 0 Å². The number of nitrogens with zero attached hydrogens (tertiary/aromatic N) is 2. The Labute approximate surface area is 111 Å². The molecule has 4 heteroatoms. The number of piperazine rings is 1. The smallest absolute Gasteiger partial charge is 0.0613 e. The van der Waals surface area contributed by atoms with Crippen LogP contribution in [0.4, 0.5) is 0 Å². The largest absolute Gasteiger partial charge is 0.394 e. The van der Waals surface area contributed by atoms with Gasteiger partial charge in [0.2, 0.25) is 0 Å². The number of rotatable bonds is 3. The van der Waals surface area contributed by atoms with Gasteiger partial charge in [0.1, 0.15) is 0 Å². The Kier molecular flexibility index (Phi) is 4.32. The van der Waals surface area contributed by atoms with Crippen LogP contribution in [0.1, 0.15) is 33.1 Å². The van der Waals surface area contributed by atoms with Crippen LogP contribution in [0.25, 0.3) is 0 Å². The quantitative estimate of drug-likeness (QED) is 0.771. The highest BCUT2D eigenvalue weighted by Gasteiger charge is 2.41. The maximum absolute atomic E-state index is 9.59. The molecule has 1 heterocycles. The Balaban J connectivity index is 1.98. The minimum atomic E-state index is -0.0273. The lowest BCUT2D eigenvalue weighted by Crippen LogP contribution is -2.57.